The Labute approximate surface area is 112 Å². The monoisotopic (exact) mass is 317 g/mol. The van der Waals surface area contributed by atoms with Crippen LogP contribution in [0.15, 0.2) is 27.8 Å². The van der Waals surface area contributed by atoms with E-state index >= 15 is 0 Å². The summed E-state index contributed by atoms with van der Waals surface area (Å²) in [7, 11) is 0. The van der Waals surface area contributed by atoms with Crippen LogP contribution in [0.1, 0.15) is 12.8 Å². The predicted molar refractivity (Wildman–Crippen MR) is 68.9 cm³/mol. The Balaban J connectivity index is 2.54. The second-order valence-electron chi connectivity index (χ2n) is 3.45. The van der Waals surface area contributed by atoms with Crippen molar-refractivity contribution in [2.45, 2.75) is 12.8 Å². The number of amidine groups is 1. The number of nitrogens with zero attached hydrogens (tertiary/aromatic N) is 2. The van der Waals surface area contributed by atoms with Crippen LogP contribution in [0.3, 0.4) is 0 Å². The number of hydrogen-bond acceptors (Lipinski definition) is 5. The number of halogens is 1. The zero-order chi connectivity index (χ0) is 13.5. The zero-order valence-electron chi connectivity index (χ0n) is 9.38. The number of ether oxygens (including phenoxy) is 1. The molecule has 7 nitrogen and oxygen atoms in total. The van der Waals surface area contributed by atoms with E-state index in [0.717, 1.165) is 0 Å². The third-order valence-corrected chi connectivity index (χ3v) is 2.50. The molecule has 0 amide bonds. The van der Waals surface area contributed by atoms with Gasteiger partial charge in [-0.15, -0.1) is 0 Å². The lowest BCUT2D eigenvalue weighted by Gasteiger charge is -2.06. The average molecular weight is 318 g/mol. The molecule has 98 valence electrons. The maximum atomic E-state index is 10.6. The van der Waals surface area contributed by atoms with Gasteiger partial charge in [0.05, 0.1) is 17.6 Å². The number of benzene rings is 1. The highest BCUT2D eigenvalue weighted by atomic mass is 79.9. The van der Waals surface area contributed by atoms with Gasteiger partial charge in [0.25, 0.3) is 5.69 Å². The van der Waals surface area contributed by atoms with Crippen molar-refractivity contribution in [3.05, 3.63) is 32.8 Å². The molecule has 0 spiro atoms. The normalized spacial score (nSPS) is 11.3. The minimum Gasteiger partial charge on any atom is -0.493 e. The molecule has 18 heavy (non-hydrogen) atoms. The Hall–Kier alpha value is -1.83. The summed E-state index contributed by atoms with van der Waals surface area (Å²) in [6.07, 6.45) is 0.947. The lowest BCUT2D eigenvalue weighted by molar-refractivity contribution is -0.385. The number of nitro groups is 1. The van der Waals surface area contributed by atoms with Crippen LogP contribution in [0.5, 0.6) is 5.75 Å². The largest absolute Gasteiger partial charge is 0.493 e. The fraction of sp³-hybridized carbons (Fsp3) is 0.300. The molecule has 0 aliphatic carbocycles. The van der Waals surface area contributed by atoms with E-state index in [1.165, 1.54) is 12.1 Å². The lowest BCUT2D eigenvalue weighted by atomic mass is 10.3. The molecule has 0 aliphatic heterocycles. The van der Waals surface area contributed by atoms with E-state index in [9.17, 15) is 10.1 Å². The Morgan fingerprint density at radius 3 is 2.89 bits per heavy atom. The number of non-ortho nitro benzene ring substituents is 1. The van der Waals surface area contributed by atoms with Crippen LogP contribution in [-0.2, 0) is 0 Å². The highest BCUT2D eigenvalue weighted by Crippen LogP contribution is 2.26. The minimum absolute atomic E-state index is 0.0455. The van der Waals surface area contributed by atoms with Gasteiger partial charge in [0, 0.05) is 17.0 Å². The lowest BCUT2D eigenvalue weighted by Crippen LogP contribution is -2.12. The second kappa shape index (κ2) is 6.80. The van der Waals surface area contributed by atoms with Crippen LogP contribution in [-0.4, -0.2) is 22.6 Å². The van der Waals surface area contributed by atoms with Crippen molar-refractivity contribution in [2.75, 3.05) is 6.61 Å². The quantitative estimate of drug-likeness (QED) is 0.209. The number of nitrogens with two attached hydrogens (primary N) is 1. The van der Waals surface area contributed by atoms with E-state index in [0.29, 0.717) is 29.7 Å². The smallest absolute Gasteiger partial charge is 0.274 e. The average Bonchev–Trinajstić information content (AvgIpc) is 2.33. The van der Waals surface area contributed by atoms with E-state index in [1.54, 1.807) is 6.07 Å². The molecule has 1 aromatic carbocycles. The molecule has 0 bridgehead atoms. The highest BCUT2D eigenvalue weighted by Gasteiger charge is 2.09. The molecule has 0 aliphatic rings. The molecule has 0 saturated carbocycles. The van der Waals surface area contributed by atoms with Crippen molar-refractivity contribution in [3.63, 3.8) is 0 Å². The van der Waals surface area contributed by atoms with Gasteiger partial charge in [0.15, 0.2) is 0 Å². The van der Waals surface area contributed by atoms with Crippen molar-refractivity contribution < 1.29 is 14.9 Å². The molecule has 1 rings (SSSR count). The topological polar surface area (TPSA) is 111 Å². The van der Waals surface area contributed by atoms with Crippen molar-refractivity contribution >= 4 is 27.5 Å². The van der Waals surface area contributed by atoms with Crippen LogP contribution < -0.4 is 10.5 Å². The summed E-state index contributed by atoms with van der Waals surface area (Å²) in [5.41, 5.74) is 5.24. The standard InChI is InChI=1S/C10H12BrN3O4/c11-7-4-8(14(16)17)6-9(5-7)18-3-1-2-10(12)13-15/h4-6,15H,1-3H2,(H2,12,13). The fourth-order valence-corrected chi connectivity index (χ4v) is 1.69. The fourth-order valence-electron chi connectivity index (χ4n) is 1.23. The number of hydrogen-bond donors (Lipinski definition) is 2. The minimum atomic E-state index is -0.492. The van der Waals surface area contributed by atoms with Crippen LogP contribution >= 0.6 is 15.9 Å². The van der Waals surface area contributed by atoms with Crippen LogP contribution in [0.2, 0.25) is 0 Å². The summed E-state index contributed by atoms with van der Waals surface area (Å²) in [6.45, 7) is 0.323. The van der Waals surface area contributed by atoms with Gasteiger partial charge in [0.1, 0.15) is 11.6 Å². The summed E-state index contributed by atoms with van der Waals surface area (Å²) in [5, 5.41) is 21.8. The summed E-state index contributed by atoms with van der Waals surface area (Å²) in [4.78, 5) is 10.1. The molecule has 1 aromatic rings. The Bertz CT molecular complexity index is 464. The third-order valence-electron chi connectivity index (χ3n) is 2.04. The van der Waals surface area contributed by atoms with Crippen LogP contribution in [0.25, 0.3) is 0 Å². The summed E-state index contributed by atoms with van der Waals surface area (Å²) >= 11 is 3.17. The van der Waals surface area contributed by atoms with Crippen molar-refractivity contribution in [3.8, 4) is 5.75 Å². The first-order chi connectivity index (χ1) is 8.52. The molecule has 0 fully saturated rings. The molecule has 0 heterocycles. The van der Waals surface area contributed by atoms with Crippen molar-refractivity contribution in [2.24, 2.45) is 10.9 Å². The first-order valence-electron chi connectivity index (χ1n) is 5.07. The third kappa shape index (κ3) is 4.58. The van der Waals surface area contributed by atoms with E-state index in [1.807, 2.05) is 0 Å². The molecule has 0 saturated heterocycles. The second-order valence-corrected chi connectivity index (χ2v) is 4.36. The first-order valence-corrected chi connectivity index (χ1v) is 5.86. The van der Waals surface area contributed by atoms with Gasteiger partial charge >= 0.3 is 0 Å². The molecule has 0 aromatic heterocycles. The van der Waals surface area contributed by atoms with Gasteiger partial charge in [-0.2, -0.15) is 0 Å². The molecular formula is C10H12BrN3O4. The van der Waals surface area contributed by atoms with Gasteiger partial charge in [-0.3, -0.25) is 10.1 Å². The molecule has 3 N–H and O–H groups in total. The van der Waals surface area contributed by atoms with Gasteiger partial charge in [0.2, 0.25) is 0 Å². The van der Waals surface area contributed by atoms with E-state index in [4.69, 9.17) is 15.7 Å². The van der Waals surface area contributed by atoms with E-state index in [-0.39, 0.29) is 11.5 Å². The van der Waals surface area contributed by atoms with E-state index in [2.05, 4.69) is 21.1 Å². The van der Waals surface area contributed by atoms with Crippen LogP contribution in [0, 0.1) is 10.1 Å². The Morgan fingerprint density at radius 1 is 1.56 bits per heavy atom. The molecule has 8 heteroatoms. The van der Waals surface area contributed by atoms with Gasteiger partial charge < -0.3 is 15.7 Å². The maximum absolute atomic E-state index is 10.6. The van der Waals surface area contributed by atoms with Gasteiger partial charge in [-0.25, -0.2) is 0 Å². The Kier molecular flexibility index (Phi) is 5.37. The van der Waals surface area contributed by atoms with Crippen molar-refractivity contribution in [1.29, 1.82) is 0 Å². The Morgan fingerprint density at radius 2 is 2.28 bits per heavy atom. The predicted octanol–water partition coefficient (Wildman–Crippen LogP) is 2.26. The highest BCUT2D eigenvalue weighted by molar-refractivity contribution is 9.10. The summed E-state index contributed by atoms with van der Waals surface area (Å²) < 4.78 is 5.92. The molecular weight excluding hydrogens is 306 g/mol. The van der Waals surface area contributed by atoms with Gasteiger partial charge in [-0.1, -0.05) is 21.1 Å². The number of rotatable bonds is 6. The van der Waals surface area contributed by atoms with Crippen LogP contribution in [0.4, 0.5) is 5.69 Å². The number of oxime groups is 1. The maximum Gasteiger partial charge on any atom is 0.274 e. The van der Waals surface area contributed by atoms with Crippen molar-refractivity contribution in [1.82, 2.24) is 0 Å². The molecule has 0 atom stereocenters. The molecule has 0 radical (unpaired) electrons. The summed E-state index contributed by atoms with van der Waals surface area (Å²) in [5.74, 6) is 0.523. The molecule has 0 unspecified atom stereocenters. The number of nitro benzene ring substituents is 1. The summed E-state index contributed by atoms with van der Waals surface area (Å²) in [6, 6.07) is 4.37. The first kappa shape index (κ1) is 14.2. The zero-order valence-corrected chi connectivity index (χ0v) is 11.0. The van der Waals surface area contributed by atoms with Gasteiger partial charge in [-0.05, 0) is 12.5 Å². The SMILES string of the molecule is N/C(CCCOc1cc(Br)cc([N+](=O)[O-])c1)=N/O. The van der Waals surface area contributed by atoms with E-state index < -0.39 is 4.92 Å².